The number of likely N-dealkylation sites (N-methyl/N-ethyl adjacent to an activating group) is 1. The van der Waals surface area contributed by atoms with Gasteiger partial charge in [0, 0.05) is 44.1 Å². The molecule has 7 nitrogen and oxygen atoms in total. The van der Waals surface area contributed by atoms with Gasteiger partial charge in [0.2, 0.25) is 10.0 Å². The van der Waals surface area contributed by atoms with Crippen molar-refractivity contribution in [2.45, 2.75) is 38.0 Å². The van der Waals surface area contributed by atoms with Crippen LogP contribution in [0.3, 0.4) is 0 Å². The highest BCUT2D eigenvalue weighted by atomic mass is 32.2. The van der Waals surface area contributed by atoms with Crippen molar-refractivity contribution in [2.24, 2.45) is 0 Å². The minimum Gasteiger partial charge on any atom is -0.371 e. The maximum absolute atomic E-state index is 13.3. The van der Waals surface area contributed by atoms with Crippen LogP contribution in [0.1, 0.15) is 42.6 Å². The van der Waals surface area contributed by atoms with Crippen LogP contribution in [0.25, 0.3) is 0 Å². The molecule has 33 heavy (non-hydrogen) atoms. The molecule has 3 rings (SSSR count). The molecular formula is C25H36N4O3S. The molecule has 0 aliphatic carbocycles. The van der Waals surface area contributed by atoms with E-state index in [1.165, 1.54) is 15.9 Å². The second-order valence-corrected chi connectivity index (χ2v) is 10.6. The molecule has 180 valence electrons. The number of carbonyl (C=O) groups excluding carboxylic acids is 1. The molecule has 1 heterocycles. The van der Waals surface area contributed by atoms with Crippen LogP contribution in [-0.2, 0) is 16.4 Å². The fourth-order valence-corrected chi connectivity index (χ4v) is 5.59. The molecule has 2 aromatic rings. The lowest BCUT2D eigenvalue weighted by Crippen LogP contribution is -2.31. The van der Waals surface area contributed by atoms with E-state index in [-0.39, 0.29) is 10.8 Å². The van der Waals surface area contributed by atoms with E-state index < -0.39 is 10.0 Å². The van der Waals surface area contributed by atoms with Gasteiger partial charge in [-0.3, -0.25) is 4.79 Å². The monoisotopic (exact) mass is 472 g/mol. The number of hydrogen-bond donors (Lipinski definition) is 1. The molecule has 1 aliphatic heterocycles. The predicted molar refractivity (Wildman–Crippen MR) is 135 cm³/mol. The first kappa shape index (κ1) is 25.2. The van der Waals surface area contributed by atoms with Gasteiger partial charge in [0.25, 0.3) is 5.91 Å². The van der Waals surface area contributed by atoms with Crippen LogP contribution in [0.2, 0.25) is 0 Å². The second kappa shape index (κ2) is 11.1. The van der Waals surface area contributed by atoms with Gasteiger partial charge in [-0.1, -0.05) is 26.0 Å². The van der Waals surface area contributed by atoms with Crippen molar-refractivity contribution in [1.82, 2.24) is 9.21 Å². The van der Waals surface area contributed by atoms with E-state index in [9.17, 15) is 13.2 Å². The van der Waals surface area contributed by atoms with E-state index in [0.717, 1.165) is 44.6 Å². The molecule has 1 amide bonds. The lowest BCUT2D eigenvalue weighted by molar-refractivity contribution is 0.102. The fourth-order valence-electron chi connectivity index (χ4n) is 4.11. The van der Waals surface area contributed by atoms with E-state index in [4.69, 9.17) is 0 Å². The van der Waals surface area contributed by atoms with Gasteiger partial charge in [-0.15, -0.1) is 0 Å². The second-order valence-electron chi connectivity index (χ2n) is 8.67. The van der Waals surface area contributed by atoms with Crippen molar-refractivity contribution in [1.29, 1.82) is 0 Å². The SMILES string of the molecule is CCN(CC)S(=O)(=O)c1ccc(N2CCCC2)c(C(=O)Nc2ccc(CCN(C)C)cc2)c1. The summed E-state index contributed by atoms with van der Waals surface area (Å²) >= 11 is 0. The number of nitrogens with zero attached hydrogens (tertiary/aromatic N) is 3. The molecule has 0 bridgehead atoms. The number of nitrogens with one attached hydrogen (secondary N) is 1. The Labute approximate surface area is 198 Å². The van der Waals surface area contributed by atoms with Gasteiger partial charge in [-0.2, -0.15) is 4.31 Å². The molecule has 1 N–H and O–H groups in total. The smallest absolute Gasteiger partial charge is 0.257 e. The molecule has 0 aromatic heterocycles. The highest BCUT2D eigenvalue weighted by Crippen LogP contribution is 2.29. The number of anilines is 2. The summed E-state index contributed by atoms with van der Waals surface area (Å²) in [6.07, 6.45) is 3.07. The zero-order valence-electron chi connectivity index (χ0n) is 20.2. The van der Waals surface area contributed by atoms with Crippen molar-refractivity contribution >= 4 is 27.3 Å². The van der Waals surface area contributed by atoms with Crippen LogP contribution in [0.5, 0.6) is 0 Å². The first-order valence-electron chi connectivity index (χ1n) is 11.7. The first-order chi connectivity index (χ1) is 15.8. The van der Waals surface area contributed by atoms with Crippen LogP contribution < -0.4 is 10.2 Å². The molecule has 8 heteroatoms. The third-order valence-electron chi connectivity index (χ3n) is 6.06. The van der Waals surface area contributed by atoms with Gasteiger partial charge in [-0.05, 0) is 69.3 Å². The minimum absolute atomic E-state index is 0.151. The number of rotatable bonds is 10. The molecule has 0 unspecified atom stereocenters. The van der Waals surface area contributed by atoms with Gasteiger partial charge >= 0.3 is 0 Å². The van der Waals surface area contributed by atoms with Crippen LogP contribution >= 0.6 is 0 Å². The van der Waals surface area contributed by atoms with Crippen molar-refractivity contribution in [3.8, 4) is 0 Å². The van der Waals surface area contributed by atoms with E-state index in [1.54, 1.807) is 12.1 Å². The van der Waals surface area contributed by atoms with Crippen molar-refractivity contribution in [2.75, 3.05) is 57.0 Å². The van der Waals surface area contributed by atoms with Crippen LogP contribution in [0.4, 0.5) is 11.4 Å². The molecule has 0 spiro atoms. The summed E-state index contributed by atoms with van der Waals surface area (Å²) < 4.78 is 27.6. The summed E-state index contributed by atoms with van der Waals surface area (Å²) in [7, 11) is 0.427. The average molecular weight is 473 g/mol. The zero-order chi connectivity index (χ0) is 24.0. The Morgan fingerprint density at radius 2 is 1.64 bits per heavy atom. The number of sulfonamides is 1. The highest BCUT2D eigenvalue weighted by molar-refractivity contribution is 7.89. The largest absolute Gasteiger partial charge is 0.371 e. The standard InChI is InChI=1S/C25H36N4O3S/c1-5-29(6-2)33(31,32)22-13-14-24(28-16-7-8-17-28)23(19-22)25(30)26-21-11-9-20(10-12-21)15-18-27(3)4/h9-14,19H,5-8,15-18H2,1-4H3,(H,26,30). The number of benzene rings is 2. The van der Waals surface area contributed by atoms with Crippen LogP contribution in [-0.4, -0.2) is 70.3 Å². The normalized spacial score (nSPS) is 14.3. The highest BCUT2D eigenvalue weighted by Gasteiger charge is 2.26. The average Bonchev–Trinajstić information content (AvgIpc) is 3.33. The molecule has 1 saturated heterocycles. The Hall–Kier alpha value is -2.42. The predicted octanol–water partition coefficient (Wildman–Crippen LogP) is 3.67. The Morgan fingerprint density at radius 3 is 2.21 bits per heavy atom. The fraction of sp³-hybridized carbons (Fsp3) is 0.480. The summed E-state index contributed by atoms with van der Waals surface area (Å²) in [5, 5.41) is 2.97. The molecule has 1 fully saturated rings. The maximum Gasteiger partial charge on any atom is 0.257 e. The Morgan fingerprint density at radius 1 is 1.00 bits per heavy atom. The summed E-state index contributed by atoms with van der Waals surface area (Å²) in [6.45, 7) is 7.08. The molecule has 1 aliphatic rings. The topological polar surface area (TPSA) is 73.0 Å². The first-order valence-corrected chi connectivity index (χ1v) is 13.1. The van der Waals surface area contributed by atoms with Crippen LogP contribution in [0.15, 0.2) is 47.4 Å². The van der Waals surface area contributed by atoms with E-state index >= 15 is 0 Å². The van der Waals surface area contributed by atoms with Crippen LogP contribution in [0, 0.1) is 0 Å². The van der Waals surface area contributed by atoms with Crippen molar-refractivity contribution < 1.29 is 13.2 Å². The number of carbonyl (C=O) groups is 1. The Balaban J connectivity index is 1.89. The number of amides is 1. The van der Waals surface area contributed by atoms with E-state index in [1.807, 2.05) is 52.2 Å². The van der Waals surface area contributed by atoms with Gasteiger partial charge in [-0.25, -0.2) is 8.42 Å². The molecule has 0 atom stereocenters. The number of hydrogen-bond acceptors (Lipinski definition) is 5. The lowest BCUT2D eigenvalue weighted by Gasteiger charge is -2.23. The summed E-state index contributed by atoms with van der Waals surface area (Å²) in [6, 6.07) is 12.8. The molecule has 2 aromatic carbocycles. The van der Waals surface area contributed by atoms with Crippen molar-refractivity contribution in [3.05, 3.63) is 53.6 Å². The maximum atomic E-state index is 13.3. The minimum atomic E-state index is -3.66. The van der Waals surface area contributed by atoms with Gasteiger partial charge < -0.3 is 15.1 Å². The molecule has 0 radical (unpaired) electrons. The van der Waals surface area contributed by atoms with Gasteiger partial charge in [0.15, 0.2) is 0 Å². The van der Waals surface area contributed by atoms with Crippen molar-refractivity contribution in [3.63, 3.8) is 0 Å². The summed E-state index contributed by atoms with van der Waals surface area (Å²) in [5.41, 5.74) is 3.07. The van der Waals surface area contributed by atoms with Gasteiger partial charge in [0.1, 0.15) is 0 Å². The summed E-state index contributed by atoms with van der Waals surface area (Å²) in [5.74, 6) is -0.297. The molecule has 0 saturated carbocycles. The Kier molecular flexibility index (Phi) is 8.51. The van der Waals surface area contributed by atoms with E-state index in [0.29, 0.717) is 24.3 Å². The zero-order valence-corrected chi connectivity index (χ0v) is 21.0. The quantitative estimate of drug-likeness (QED) is 0.571. The lowest BCUT2D eigenvalue weighted by atomic mass is 10.1. The Bertz CT molecular complexity index is 1040. The summed E-state index contributed by atoms with van der Waals surface area (Å²) in [4.78, 5) is 17.8. The third-order valence-corrected chi connectivity index (χ3v) is 8.11. The molecular weight excluding hydrogens is 436 g/mol. The van der Waals surface area contributed by atoms with E-state index in [2.05, 4.69) is 15.1 Å². The third kappa shape index (κ3) is 6.13. The van der Waals surface area contributed by atoms with Gasteiger partial charge in [0.05, 0.1) is 10.5 Å².